The summed E-state index contributed by atoms with van der Waals surface area (Å²) < 4.78 is 0. The second kappa shape index (κ2) is 4.38. The summed E-state index contributed by atoms with van der Waals surface area (Å²) in [5, 5.41) is 9.21. The van der Waals surface area contributed by atoms with Crippen molar-refractivity contribution in [3.8, 4) is 0 Å². The first-order valence-electron chi connectivity index (χ1n) is 4.71. The molecule has 13 heavy (non-hydrogen) atoms. The van der Waals surface area contributed by atoms with Crippen molar-refractivity contribution in [3.63, 3.8) is 0 Å². The van der Waals surface area contributed by atoms with Gasteiger partial charge in [0.1, 0.15) is 0 Å². The third-order valence-electron chi connectivity index (χ3n) is 2.01. The molecule has 0 fully saturated rings. The molecular formula is C11H17NO. The Hall–Kier alpha value is -0.890. The van der Waals surface area contributed by atoms with Crippen LogP contribution >= 0.6 is 0 Å². The average molecular weight is 179 g/mol. The Morgan fingerprint density at radius 1 is 1.31 bits per heavy atom. The van der Waals surface area contributed by atoms with Crippen molar-refractivity contribution < 1.29 is 5.11 Å². The molecule has 0 amide bonds. The van der Waals surface area contributed by atoms with Gasteiger partial charge >= 0.3 is 0 Å². The van der Waals surface area contributed by atoms with Crippen LogP contribution in [0.25, 0.3) is 0 Å². The van der Waals surface area contributed by atoms with E-state index < -0.39 is 0 Å². The van der Waals surface area contributed by atoms with Gasteiger partial charge in [0.15, 0.2) is 0 Å². The summed E-state index contributed by atoms with van der Waals surface area (Å²) in [5.41, 5.74) is 2.35. The monoisotopic (exact) mass is 179 g/mol. The molecule has 1 heterocycles. The van der Waals surface area contributed by atoms with Crippen molar-refractivity contribution in [2.45, 2.75) is 39.2 Å². The maximum Gasteiger partial charge on any atom is 0.0553 e. The zero-order chi connectivity index (χ0) is 9.84. The number of pyridine rings is 1. The Morgan fingerprint density at radius 3 is 2.54 bits per heavy atom. The first-order valence-corrected chi connectivity index (χ1v) is 4.71. The lowest BCUT2D eigenvalue weighted by atomic mass is 10.0. The van der Waals surface area contributed by atoms with Crippen molar-refractivity contribution in [2.75, 3.05) is 0 Å². The summed E-state index contributed by atoms with van der Waals surface area (Å²) in [6.45, 7) is 6.08. The molecule has 2 heteroatoms. The molecule has 1 rings (SSSR count). The standard InChI is InChI=1S/C11H17NO/c1-8(2)11-5-10(4-9(3)13)6-12-7-11/h5-9,13H,4H2,1-3H3. The topological polar surface area (TPSA) is 33.1 Å². The molecule has 0 saturated carbocycles. The van der Waals surface area contributed by atoms with E-state index >= 15 is 0 Å². The maximum atomic E-state index is 9.21. The molecule has 0 aliphatic rings. The molecule has 2 nitrogen and oxygen atoms in total. The molecule has 0 bridgehead atoms. The summed E-state index contributed by atoms with van der Waals surface area (Å²) in [7, 11) is 0. The van der Waals surface area contributed by atoms with Gasteiger partial charge in [0.2, 0.25) is 0 Å². The van der Waals surface area contributed by atoms with E-state index in [0.29, 0.717) is 12.3 Å². The highest BCUT2D eigenvalue weighted by Crippen LogP contribution is 2.14. The number of aliphatic hydroxyl groups excluding tert-OH is 1. The summed E-state index contributed by atoms with van der Waals surface area (Å²) >= 11 is 0. The number of aliphatic hydroxyl groups is 1. The van der Waals surface area contributed by atoms with E-state index in [4.69, 9.17) is 0 Å². The van der Waals surface area contributed by atoms with Crippen LogP contribution in [0.4, 0.5) is 0 Å². The van der Waals surface area contributed by atoms with Crippen LogP contribution in [-0.2, 0) is 6.42 Å². The SMILES string of the molecule is CC(O)Cc1cncc(C(C)C)c1. The summed E-state index contributed by atoms with van der Waals surface area (Å²) in [5.74, 6) is 0.501. The molecule has 0 spiro atoms. The molecule has 1 aromatic rings. The first-order chi connectivity index (χ1) is 6.09. The number of hydrogen-bond donors (Lipinski definition) is 1. The first kappa shape index (κ1) is 10.2. The van der Waals surface area contributed by atoms with E-state index in [-0.39, 0.29) is 6.10 Å². The van der Waals surface area contributed by atoms with E-state index in [1.165, 1.54) is 5.56 Å². The van der Waals surface area contributed by atoms with E-state index in [1.54, 1.807) is 6.92 Å². The van der Waals surface area contributed by atoms with Gasteiger partial charge in [-0.25, -0.2) is 0 Å². The fourth-order valence-electron chi connectivity index (χ4n) is 1.28. The zero-order valence-electron chi connectivity index (χ0n) is 8.49. The number of aromatic nitrogens is 1. The minimum atomic E-state index is -0.288. The van der Waals surface area contributed by atoms with Gasteiger partial charge in [-0.1, -0.05) is 19.9 Å². The number of rotatable bonds is 3. The van der Waals surface area contributed by atoms with Gasteiger partial charge in [0, 0.05) is 12.4 Å². The molecule has 72 valence electrons. The minimum absolute atomic E-state index is 0.288. The van der Waals surface area contributed by atoms with Crippen molar-refractivity contribution >= 4 is 0 Å². The molecule has 1 atom stereocenters. The molecule has 0 radical (unpaired) electrons. The summed E-state index contributed by atoms with van der Waals surface area (Å²) in [6.07, 6.45) is 4.10. The van der Waals surface area contributed by atoms with Gasteiger partial charge in [0.25, 0.3) is 0 Å². The number of nitrogens with zero attached hydrogens (tertiary/aromatic N) is 1. The van der Waals surface area contributed by atoms with E-state index in [0.717, 1.165) is 5.56 Å². The van der Waals surface area contributed by atoms with Crippen molar-refractivity contribution in [1.82, 2.24) is 4.98 Å². The van der Waals surface area contributed by atoms with Crippen LogP contribution in [0.1, 0.15) is 37.8 Å². The quantitative estimate of drug-likeness (QED) is 0.771. The van der Waals surface area contributed by atoms with Gasteiger partial charge < -0.3 is 5.11 Å². The maximum absolute atomic E-state index is 9.21. The van der Waals surface area contributed by atoms with Crippen molar-refractivity contribution in [2.24, 2.45) is 0 Å². The Kier molecular flexibility index (Phi) is 3.43. The molecule has 0 saturated heterocycles. The van der Waals surface area contributed by atoms with Gasteiger partial charge in [0.05, 0.1) is 6.10 Å². The molecule has 1 unspecified atom stereocenters. The third-order valence-corrected chi connectivity index (χ3v) is 2.01. The van der Waals surface area contributed by atoms with Crippen LogP contribution in [0.5, 0.6) is 0 Å². The predicted molar refractivity (Wildman–Crippen MR) is 53.7 cm³/mol. The van der Waals surface area contributed by atoms with Crippen LogP contribution in [0.2, 0.25) is 0 Å². The van der Waals surface area contributed by atoms with Crippen LogP contribution in [0.3, 0.4) is 0 Å². The Labute approximate surface area is 79.6 Å². The highest BCUT2D eigenvalue weighted by molar-refractivity contribution is 5.21. The lowest BCUT2D eigenvalue weighted by Crippen LogP contribution is -2.05. The molecule has 1 aromatic heterocycles. The van der Waals surface area contributed by atoms with Crippen molar-refractivity contribution in [1.29, 1.82) is 0 Å². The number of hydrogen-bond acceptors (Lipinski definition) is 2. The third kappa shape index (κ3) is 3.15. The Morgan fingerprint density at radius 2 is 2.00 bits per heavy atom. The molecule has 1 N–H and O–H groups in total. The molecule has 0 aliphatic carbocycles. The molecule has 0 aliphatic heterocycles. The zero-order valence-corrected chi connectivity index (χ0v) is 8.49. The summed E-state index contributed by atoms with van der Waals surface area (Å²) in [4.78, 5) is 4.15. The Bertz CT molecular complexity index is 269. The smallest absolute Gasteiger partial charge is 0.0553 e. The fraction of sp³-hybridized carbons (Fsp3) is 0.545. The second-order valence-electron chi connectivity index (χ2n) is 3.83. The summed E-state index contributed by atoms with van der Waals surface area (Å²) in [6, 6.07) is 2.12. The van der Waals surface area contributed by atoms with Crippen LogP contribution in [0, 0.1) is 0 Å². The van der Waals surface area contributed by atoms with Crippen LogP contribution < -0.4 is 0 Å². The van der Waals surface area contributed by atoms with Gasteiger partial charge in [-0.15, -0.1) is 0 Å². The normalized spacial score (nSPS) is 13.3. The lowest BCUT2D eigenvalue weighted by molar-refractivity contribution is 0.195. The van der Waals surface area contributed by atoms with Gasteiger partial charge in [-0.2, -0.15) is 0 Å². The van der Waals surface area contributed by atoms with E-state index in [2.05, 4.69) is 24.9 Å². The minimum Gasteiger partial charge on any atom is -0.393 e. The van der Waals surface area contributed by atoms with Crippen LogP contribution in [-0.4, -0.2) is 16.2 Å². The van der Waals surface area contributed by atoms with Crippen molar-refractivity contribution in [3.05, 3.63) is 29.6 Å². The predicted octanol–water partition coefficient (Wildman–Crippen LogP) is 2.13. The fourth-order valence-corrected chi connectivity index (χ4v) is 1.28. The molecule has 0 aromatic carbocycles. The average Bonchev–Trinajstić information content (AvgIpc) is 2.03. The molecular weight excluding hydrogens is 162 g/mol. The highest BCUT2D eigenvalue weighted by Gasteiger charge is 2.03. The Balaban J connectivity index is 2.79. The van der Waals surface area contributed by atoms with E-state index in [9.17, 15) is 5.11 Å². The van der Waals surface area contributed by atoms with E-state index in [1.807, 2.05) is 12.4 Å². The largest absolute Gasteiger partial charge is 0.393 e. The second-order valence-corrected chi connectivity index (χ2v) is 3.83. The van der Waals surface area contributed by atoms with Gasteiger partial charge in [-0.3, -0.25) is 4.98 Å². The highest BCUT2D eigenvalue weighted by atomic mass is 16.3. The van der Waals surface area contributed by atoms with Gasteiger partial charge in [-0.05, 0) is 30.4 Å². The lowest BCUT2D eigenvalue weighted by Gasteiger charge is -2.08. The van der Waals surface area contributed by atoms with Crippen LogP contribution in [0.15, 0.2) is 18.5 Å².